The highest BCUT2D eigenvalue weighted by Crippen LogP contribution is 2.31. The predicted molar refractivity (Wildman–Crippen MR) is 122 cm³/mol. The van der Waals surface area contributed by atoms with Crippen LogP contribution >= 0.6 is 23.4 Å². The molecule has 2 N–H and O–H groups in total. The molecule has 1 atom stereocenters. The molecule has 0 amide bonds. The molecule has 0 unspecified atom stereocenters. The van der Waals surface area contributed by atoms with Crippen molar-refractivity contribution in [3.8, 4) is 0 Å². The van der Waals surface area contributed by atoms with Gasteiger partial charge in [0.1, 0.15) is 5.82 Å². The van der Waals surface area contributed by atoms with Crippen LogP contribution in [-0.2, 0) is 4.74 Å². The second kappa shape index (κ2) is 9.03. The minimum atomic E-state index is -0.108. The number of hydrogen-bond acceptors (Lipinski definition) is 8. The first-order chi connectivity index (χ1) is 14.6. The Kier molecular flexibility index (Phi) is 6.21. The number of rotatable bonds is 8. The summed E-state index contributed by atoms with van der Waals surface area (Å²) in [6.45, 7) is 3.26. The van der Waals surface area contributed by atoms with Gasteiger partial charge in [-0.15, -0.1) is 0 Å². The topological polar surface area (TPSA) is 89.3 Å². The Bertz CT molecular complexity index is 1180. The first-order valence-electron chi connectivity index (χ1n) is 9.45. The molecule has 0 saturated heterocycles. The van der Waals surface area contributed by atoms with E-state index in [-0.39, 0.29) is 6.04 Å². The molecule has 0 spiro atoms. The van der Waals surface area contributed by atoms with Crippen LogP contribution in [0.5, 0.6) is 0 Å². The summed E-state index contributed by atoms with van der Waals surface area (Å²) in [7, 11) is 1.67. The molecule has 156 valence electrons. The highest BCUT2D eigenvalue weighted by atomic mass is 35.5. The zero-order valence-corrected chi connectivity index (χ0v) is 18.5. The van der Waals surface area contributed by atoms with E-state index in [0.717, 1.165) is 27.9 Å². The van der Waals surface area contributed by atoms with Crippen LogP contribution in [0, 0.1) is 0 Å². The van der Waals surface area contributed by atoms with E-state index in [9.17, 15) is 0 Å². The lowest BCUT2D eigenvalue weighted by Crippen LogP contribution is -2.17. The number of aromatic nitrogens is 5. The average Bonchev–Trinajstić information content (AvgIpc) is 3.23. The Balaban J connectivity index is 1.74. The second-order valence-corrected chi connectivity index (χ2v) is 7.84. The number of fused-ring (bicyclic) bond motifs is 2. The summed E-state index contributed by atoms with van der Waals surface area (Å²) < 4.78 is 6.87. The largest absolute Gasteiger partial charge is 0.383 e. The molecule has 10 heteroatoms. The van der Waals surface area contributed by atoms with Crippen LogP contribution in [0.1, 0.15) is 18.5 Å². The van der Waals surface area contributed by atoms with Gasteiger partial charge in [-0.25, -0.2) is 9.97 Å². The number of halogens is 1. The summed E-state index contributed by atoms with van der Waals surface area (Å²) in [4.78, 5) is 13.9. The van der Waals surface area contributed by atoms with E-state index in [0.29, 0.717) is 29.3 Å². The van der Waals surface area contributed by atoms with Crippen LogP contribution in [0.15, 0.2) is 41.7 Å². The van der Waals surface area contributed by atoms with Crippen LogP contribution < -0.4 is 10.6 Å². The minimum Gasteiger partial charge on any atom is -0.383 e. The zero-order chi connectivity index (χ0) is 21.1. The lowest BCUT2D eigenvalue weighted by atomic mass is 10.1. The van der Waals surface area contributed by atoms with E-state index in [1.165, 1.54) is 11.8 Å². The Hall–Kier alpha value is -2.62. The fourth-order valence-corrected chi connectivity index (χ4v) is 3.77. The van der Waals surface area contributed by atoms with E-state index >= 15 is 0 Å². The van der Waals surface area contributed by atoms with E-state index in [4.69, 9.17) is 21.3 Å². The third-order valence-electron chi connectivity index (χ3n) is 4.65. The summed E-state index contributed by atoms with van der Waals surface area (Å²) in [5.41, 5.74) is 2.49. The second-order valence-electron chi connectivity index (χ2n) is 6.66. The summed E-state index contributed by atoms with van der Waals surface area (Å²) in [5.74, 6) is 1.37. The summed E-state index contributed by atoms with van der Waals surface area (Å²) in [5, 5.41) is 13.4. The Morgan fingerprint density at radius 2 is 2.10 bits per heavy atom. The van der Waals surface area contributed by atoms with Gasteiger partial charge >= 0.3 is 0 Å². The predicted octanol–water partition coefficient (Wildman–Crippen LogP) is 4.28. The van der Waals surface area contributed by atoms with Crippen LogP contribution in [0.2, 0.25) is 5.02 Å². The number of benzene rings is 1. The van der Waals surface area contributed by atoms with Gasteiger partial charge in [0, 0.05) is 30.7 Å². The van der Waals surface area contributed by atoms with Crippen molar-refractivity contribution < 1.29 is 4.74 Å². The highest BCUT2D eigenvalue weighted by Gasteiger charge is 2.17. The molecule has 0 saturated carbocycles. The number of anilines is 2. The minimum absolute atomic E-state index is 0.108. The van der Waals surface area contributed by atoms with Gasteiger partial charge in [-0.1, -0.05) is 35.5 Å². The summed E-state index contributed by atoms with van der Waals surface area (Å²) >= 11 is 7.86. The monoisotopic (exact) mass is 443 g/mol. The van der Waals surface area contributed by atoms with Crippen molar-refractivity contribution in [3.63, 3.8) is 0 Å². The van der Waals surface area contributed by atoms with Crippen molar-refractivity contribution in [1.29, 1.82) is 0 Å². The molecule has 0 aliphatic carbocycles. The summed E-state index contributed by atoms with van der Waals surface area (Å²) in [6, 6.07) is 9.62. The molecule has 0 aliphatic rings. The average molecular weight is 444 g/mol. The highest BCUT2D eigenvalue weighted by molar-refractivity contribution is 7.98. The molecule has 0 radical (unpaired) electrons. The van der Waals surface area contributed by atoms with Gasteiger partial charge in [-0.3, -0.25) is 0 Å². The fraction of sp³-hybridized carbons (Fsp3) is 0.300. The van der Waals surface area contributed by atoms with Gasteiger partial charge in [0.05, 0.1) is 29.4 Å². The number of methoxy groups -OCH3 is 1. The number of nitrogens with one attached hydrogen (secondary N) is 2. The van der Waals surface area contributed by atoms with Crippen molar-refractivity contribution in [2.45, 2.75) is 18.1 Å². The quantitative estimate of drug-likeness (QED) is 0.308. The molecule has 3 aromatic heterocycles. The number of para-hydroxylation sites is 1. The Labute approximate surface area is 183 Å². The van der Waals surface area contributed by atoms with Gasteiger partial charge < -0.3 is 15.4 Å². The van der Waals surface area contributed by atoms with Gasteiger partial charge in [0.2, 0.25) is 5.95 Å². The molecular weight excluding hydrogens is 422 g/mol. The van der Waals surface area contributed by atoms with Crippen LogP contribution in [0.4, 0.5) is 11.8 Å². The standard InChI is InChI=1S/C20H22ClN7OS/c1-12(24-19-27-20(30-3)25-16-7-8-23-28(16)19)14-11-13-5-4-6-15(21)17(13)26-18(14)22-9-10-29-2/h4-8,11-12H,9-10H2,1-3H3,(H,22,26)(H,24,25,27)/t12-/m0/s1. The molecule has 0 fully saturated rings. The first kappa shape index (κ1) is 20.6. The molecule has 0 aliphatic heterocycles. The van der Waals surface area contributed by atoms with Crippen molar-refractivity contribution in [2.24, 2.45) is 0 Å². The molecule has 1 aromatic carbocycles. The molecule has 0 bridgehead atoms. The third kappa shape index (κ3) is 4.14. The number of ether oxygens (including phenoxy) is 1. The molecular formula is C20H22ClN7OS. The number of nitrogens with zero attached hydrogens (tertiary/aromatic N) is 5. The van der Waals surface area contributed by atoms with E-state index in [1.54, 1.807) is 17.8 Å². The maximum atomic E-state index is 6.38. The molecule has 3 heterocycles. The third-order valence-corrected chi connectivity index (χ3v) is 5.51. The van der Waals surface area contributed by atoms with E-state index in [2.05, 4.69) is 38.7 Å². The smallest absolute Gasteiger partial charge is 0.228 e. The van der Waals surface area contributed by atoms with Crippen LogP contribution in [-0.4, -0.2) is 51.1 Å². The van der Waals surface area contributed by atoms with E-state index in [1.807, 2.05) is 30.5 Å². The van der Waals surface area contributed by atoms with Crippen molar-refractivity contribution in [2.75, 3.05) is 37.2 Å². The molecule has 30 heavy (non-hydrogen) atoms. The lowest BCUT2D eigenvalue weighted by Gasteiger charge is -2.20. The summed E-state index contributed by atoms with van der Waals surface area (Å²) in [6.07, 6.45) is 3.66. The number of thioether (sulfide) groups is 1. The zero-order valence-electron chi connectivity index (χ0n) is 16.9. The maximum Gasteiger partial charge on any atom is 0.228 e. The van der Waals surface area contributed by atoms with Crippen molar-refractivity contribution >= 4 is 51.7 Å². The van der Waals surface area contributed by atoms with Crippen LogP contribution in [0.25, 0.3) is 16.6 Å². The first-order valence-corrected chi connectivity index (χ1v) is 11.0. The maximum absolute atomic E-state index is 6.38. The van der Waals surface area contributed by atoms with Gasteiger partial charge in [-0.2, -0.15) is 14.6 Å². The Morgan fingerprint density at radius 3 is 2.90 bits per heavy atom. The normalized spacial score (nSPS) is 12.4. The van der Waals surface area contributed by atoms with E-state index < -0.39 is 0 Å². The van der Waals surface area contributed by atoms with Crippen LogP contribution in [0.3, 0.4) is 0 Å². The van der Waals surface area contributed by atoms with Gasteiger partial charge in [0.25, 0.3) is 0 Å². The van der Waals surface area contributed by atoms with Gasteiger partial charge in [-0.05, 0) is 25.3 Å². The molecule has 8 nitrogen and oxygen atoms in total. The molecule has 4 aromatic rings. The fourth-order valence-electron chi connectivity index (χ4n) is 3.18. The molecule has 4 rings (SSSR count). The lowest BCUT2D eigenvalue weighted by molar-refractivity contribution is 0.210. The number of hydrogen-bond donors (Lipinski definition) is 2. The van der Waals surface area contributed by atoms with Crippen molar-refractivity contribution in [3.05, 3.63) is 47.1 Å². The Morgan fingerprint density at radius 1 is 1.23 bits per heavy atom. The van der Waals surface area contributed by atoms with Gasteiger partial charge in [0.15, 0.2) is 10.8 Å². The number of pyridine rings is 1. The SMILES string of the molecule is COCCNc1nc2c(Cl)cccc2cc1[C@H](C)Nc1nc(SC)nc2ccnn12. The van der Waals surface area contributed by atoms with Crippen molar-refractivity contribution in [1.82, 2.24) is 24.6 Å².